The number of aryl methyl sites for hydroxylation is 1. The third-order valence-electron chi connectivity index (χ3n) is 3.01. The van der Waals surface area contributed by atoms with Crippen LogP contribution in [0, 0.1) is 6.92 Å². The first-order valence-electron chi connectivity index (χ1n) is 6.33. The number of rotatable bonds is 6. The second-order valence-corrected chi connectivity index (χ2v) is 4.47. The lowest BCUT2D eigenvalue weighted by Gasteiger charge is -2.23. The molecule has 0 aliphatic carbocycles. The molecule has 0 aliphatic heterocycles. The second kappa shape index (κ2) is 6.39. The maximum atomic E-state index is 12.0. The molecule has 6 heteroatoms. The summed E-state index contributed by atoms with van der Waals surface area (Å²) in [5.41, 5.74) is 6.80. The average molecular weight is 253 g/mol. The first kappa shape index (κ1) is 14.5. The summed E-state index contributed by atoms with van der Waals surface area (Å²) < 4.78 is 0. The highest BCUT2D eigenvalue weighted by Gasteiger charge is 2.18. The SMILES string of the molecule is CCN(CC)CC(C)NC(=O)c1c(N)n[nH]c1C. The number of aromatic nitrogens is 2. The van der Waals surface area contributed by atoms with Gasteiger partial charge in [-0.25, -0.2) is 0 Å². The van der Waals surface area contributed by atoms with Gasteiger partial charge in [0.15, 0.2) is 5.82 Å². The van der Waals surface area contributed by atoms with Gasteiger partial charge in [-0.15, -0.1) is 0 Å². The summed E-state index contributed by atoms with van der Waals surface area (Å²) in [6.07, 6.45) is 0. The number of aromatic amines is 1. The summed E-state index contributed by atoms with van der Waals surface area (Å²) in [6, 6.07) is 0.0751. The van der Waals surface area contributed by atoms with Crippen molar-refractivity contribution in [1.29, 1.82) is 0 Å². The van der Waals surface area contributed by atoms with E-state index in [9.17, 15) is 4.79 Å². The topological polar surface area (TPSA) is 87.0 Å². The highest BCUT2D eigenvalue weighted by atomic mass is 16.1. The number of hydrogen-bond acceptors (Lipinski definition) is 4. The van der Waals surface area contributed by atoms with Crippen LogP contribution in [0.5, 0.6) is 0 Å². The van der Waals surface area contributed by atoms with E-state index in [4.69, 9.17) is 5.73 Å². The molecule has 102 valence electrons. The van der Waals surface area contributed by atoms with E-state index in [1.54, 1.807) is 6.92 Å². The first-order chi connectivity index (χ1) is 8.49. The predicted octanol–water partition coefficient (Wildman–Crippen LogP) is 0.760. The third kappa shape index (κ3) is 3.46. The quantitative estimate of drug-likeness (QED) is 0.698. The predicted molar refractivity (Wildman–Crippen MR) is 72.5 cm³/mol. The van der Waals surface area contributed by atoms with Gasteiger partial charge in [0, 0.05) is 18.3 Å². The van der Waals surface area contributed by atoms with E-state index >= 15 is 0 Å². The Bertz CT molecular complexity index is 378. The van der Waals surface area contributed by atoms with Crippen LogP contribution in [0.4, 0.5) is 5.82 Å². The Labute approximate surface area is 108 Å². The van der Waals surface area contributed by atoms with Gasteiger partial charge in [-0.3, -0.25) is 9.89 Å². The van der Waals surface area contributed by atoms with Crippen molar-refractivity contribution in [3.05, 3.63) is 11.3 Å². The molecule has 0 bridgehead atoms. The van der Waals surface area contributed by atoms with Crippen LogP contribution in [0.3, 0.4) is 0 Å². The van der Waals surface area contributed by atoms with Gasteiger partial charge < -0.3 is 16.0 Å². The zero-order valence-corrected chi connectivity index (χ0v) is 11.6. The van der Waals surface area contributed by atoms with Crippen LogP contribution in [0.15, 0.2) is 0 Å². The molecule has 18 heavy (non-hydrogen) atoms. The van der Waals surface area contributed by atoms with Crippen molar-refractivity contribution in [1.82, 2.24) is 20.4 Å². The minimum absolute atomic E-state index is 0.0751. The zero-order chi connectivity index (χ0) is 13.7. The molecular formula is C12H23N5O. The number of hydrogen-bond donors (Lipinski definition) is 3. The maximum Gasteiger partial charge on any atom is 0.257 e. The van der Waals surface area contributed by atoms with Crippen LogP contribution in [0.25, 0.3) is 0 Å². The Hall–Kier alpha value is -1.56. The van der Waals surface area contributed by atoms with Gasteiger partial charge in [-0.05, 0) is 26.9 Å². The van der Waals surface area contributed by atoms with E-state index in [1.807, 2.05) is 6.92 Å². The molecule has 0 fully saturated rings. The summed E-state index contributed by atoms with van der Waals surface area (Å²) in [5.74, 6) is 0.0819. The zero-order valence-electron chi connectivity index (χ0n) is 11.6. The van der Waals surface area contributed by atoms with E-state index in [1.165, 1.54) is 0 Å². The number of anilines is 1. The molecule has 1 heterocycles. The molecule has 6 nitrogen and oxygen atoms in total. The smallest absolute Gasteiger partial charge is 0.257 e. The second-order valence-electron chi connectivity index (χ2n) is 4.47. The summed E-state index contributed by atoms with van der Waals surface area (Å²) in [4.78, 5) is 14.3. The molecule has 0 radical (unpaired) electrons. The highest BCUT2D eigenvalue weighted by Crippen LogP contribution is 2.11. The Kier molecular flexibility index (Phi) is 5.15. The van der Waals surface area contributed by atoms with Gasteiger partial charge >= 0.3 is 0 Å². The molecule has 1 rings (SSSR count). The van der Waals surface area contributed by atoms with Gasteiger partial charge in [-0.1, -0.05) is 13.8 Å². The number of H-pyrrole nitrogens is 1. The number of carbonyl (C=O) groups excluding carboxylic acids is 1. The van der Waals surface area contributed by atoms with Crippen molar-refractivity contribution in [2.45, 2.75) is 33.7 Å². The number of likely N-dealkylation sites (N-methyl/N-ethyl adjacent to an activating group) is 1. The van der Waals surface area contributed by atoms with Crippen molar-refractivity contribution >= 4 is 11.7 Å². The molecule has 1 atom stereocenters. The standard InChI is InChI=1S/C12H23N5O/c1-5-17(6-2)7-8(3)14-12(18)10-9(4)15-16-11(10)13/h8H,5-7H2,1-4H3,(H,14,18)(H3,13,15,16). The van der Waals surface area contributed by atoms with E-state index < -0.39 is 0 Å². The van der Waals surface area contributed by atoms with Gasteiger partial charge in [0.25, 0.3) is 5.91 Å². The molecule has 0 spiro atoms. The molecule has 0 saturated carbocycles. The molecule has 1 aromatic heterocycles. The van der Waals surface area contributed by atoms with E-state index in [-0.39, 0.29) is 17.8 Å². The van der Waals surface area contributed by atoms with Crippen LogP contribution >= 0.6 is 0 Å². The van der Waals surface area contributed by atoms with Crippen molar-refractivity contribution in [2.24, 2.45) is 0 Å². The van der Waals surface area contributed by atoms with E-state index in [2.05, 4.69) is 34.3 Å². The number of nitrogens with zero attached hydrogens (tertiary/aromatic N) is 2. The number of amides is 1. The maximum absolute atomic E-state index is 12.0. The van der Waals surface area contributed by atoms with E-state index in [0.717, 1.165) is 19.6 Å². The fraction of sp³-hybridized carbons (Fsp3) is 0.667. The first-order valence-corrected chi connectivity index (χ1v) is 6.33. The van der Waals surface area contributed by atoms with Gasteiger partial charge in [0.1, 0.15) is 5.56 Å². The third-order valence-corrected chi connectivity index (χ3v) is 3.01. The van der Waals surface area contributed by atoms with Crippen LogP contribution in [-0.4, -0.2) is 46.7 Å². The number of carbonyl (C=O) groups is 1. The Morgan fingerprint density at radius 1 is 1.50 bits per heavy atom. The molecular weight excluding hydrogens is 230 g/mol. The average Bonchev–Trinajstić information content (AvgIpc) is 2.65. The monoisotopic (exact) mass is 253 g/mol. The minimum atomic E-state index is -0.168. The van der Waals surface area contributed by atoms with Crippen LogP contribution in [0.1, 0.15) is 36.8 Å². The van der Waals surface area contributed by atoms with Crippen molar-refractivity contribution in [3.63, 3.8) is 0 Å². The van der Waals surface area contributed by atoms with Gasteiger partial charge in [0.05, 0.1) is 0 Å². The highest BCUT2D eigenvalue weighted by molar-refractivity contribution is 5.99. The summed E-state index contributed by atoms with van der Waals surface area (Å²) >= 11 is 0. The van der Waals surface area contributed by atoms with Crippen molar-refractivity contribution in [3.8, 4) is 0 Å². The molecule has 1 aromatic rings. The summed E-state index contributed by atoms with van der Waals surface area (Å²) in [5, 5.41) is 9.47. The van der Waals surface area contributed by atoms with E-state index in [0.29, 0.717) is 11.3 Å². The number of nitrogens with two attached hydrogens (primary N) is 1. The summed E-state index contributed by atoms with van der Waals surface area (Å²) in [6.45, 7) is 10.8. The van der Waals surface area contributed by atoms with Crippen molar-refractivity contribution in [2.75, 3.05) is 25.4 Å². The lowest BCUT2D eigenvalue weighted by Crippen LogP contribution is -2.42. The number of nitrogens with one attached hydrogen (secondary N) is 2. The Balaban J connectivity index is 2.60. The van der Waals surface area contributed by atoms with Crippen LogP contribution in [0.2, 0.25) is 0 Å². The van der Waals surface area contributed by atoms with Crippen LogP contribution < -0.4 is 11.1 Å². The Morgan fingerprint density at radius 2 is 2.11 bits per heavy atom. The van der Waals surface area contributed by atoms with Crippen LogP contribution in [-0.2, 0) is 0 Å². The lowest BCUT2D eigenvalue weighted by molar-refractivity contribution is 0.0930. The molecule has 1 amide bonds. The fourth-order valence-corrected chi connectivity index (χ4v) is 1.95. The lowest BCUT2D eigenvalue weighted by atomic mass is 10.2. The van der Waals surface area contributed by atoms with Crippen molar-refractivity contribution < 1.29 is 4.79 Å². The normalized spacial score (nSPS) is 12.7. The molecule has 0 aromatic carbocycles. The van der Waals surface area contributed by atoms with Gasteiger partial charge in [-0.2, -0.15) is 5.10 Å². The summed E-state index contributed by atoms with van der Waals surface area (Å²) in [7, 11) is 0. The molecule has 0 saturated heterocycles. The molecule has 4 N–H and O–H groups in total. The molecule has 1 unspecified atom stereocenters. The fourth-order valence-electron chi connectivity index (χ4n) is 1.95. The minimum Gasteiger partial charge on any atom is -0.382 e. The number of nitrogen functional groups attached to an aromatic ring is 1. The van der Waals surface area contributed by atoms with Gasteiger partial charge in [0.2, 0.25) is 0 Å². The Morgan fingerprint density at radius 3 is 2.56 bits per heavy atom. The molecule has 0 aliphatic rings. The largest absolute Gasteiger partial charge is 0.382 e.